The van der Waals surface area contributed by atoms with Crippen molar-refractivity contribution < 1.29 is 32.2 Å². The molecule has 0 aromatic heterocycles. The van der Waals surface area contributed by atoms with Crippen LogP contribution in [0.3, 0.4) is 0 Å². The van der Waals surface area contributed by atoms with Crippen LogP contribution < -0.4 is 14.8 Å². The molecule has 0 bridgehead atoms. The van der Waals surface area contributed by atoms with Crippen LogP contribution >= 0.6 is 0 Å². The van der Waals surface area contributed by atoms with Gasteiger partial charge in [0.1, 0.15) is 0 Å². The molecule has 0 spiro atoms. The van der Waals surface area contributed by atoms with Crippen molar-refractivity contribution in [3.05, 3.63) is 59.2 Å². The van der Waals surface area contributed by atoms with Gasteiger partial charge in [-0.3, -0.25) is 9.59 Å². The van der Waals surface area contributed by atoms with E-state index in [4.69, 9.17) is 9.47 Å². The number of piperidine rings is 1. The van der Waals surface area contributed by atoms with E-state index in [1.807, 2.05) is 12.1 Å². The number of benzene rings is 2. The number of nitrogens with one attached hydrogen (secondary N) is 1. The van der Waals surface area contributed by atoms with E-state index in [-0.39, 0.29) is 18.0 Å². The molecule has 0 unspecified atom stereocenters. The highest BCUT2D eigenvalue weighted by molar-refractivity contribution is 5.95. The van der Waals surface area contributed by atoms with E-state index in [0.717, 1.165) is 17.7 Å². The maximum absolute atomic E-state index is 13.0. The molecule has 9 heteroatoms. The lowest BCUT2D eigenvalue weighted by Gasteiger charge is -2.32. The fraction of sp³-hybridized carbons (Fsp3) is 0.417. The topological polar surface area (TPSA) is 67.9 Å². The Morgan fingerprint density at radius 3 is 2.55 bits per heavy atom. The van der Waals surface area contributed by atoms with Gasteiger partial charge in [0, 0.05) is 25.2 Å². The first-order valence-electron chi connectivity index (χ1n) is 10.7. The lowest BCUT2D eigenvalue weighted by atomic mass is 9.96. The van der Waals surface area contributed by atoms with Gasteiger partial charge in [-0.2, -0.15) is 13.2 Å². The third-order valence-corrected chi connectivity index (χ3v) is 5.68. The summed E-state index contributed by atoms with van der Waals surface area (Å²) in [6.45, 7) is 0.994. The Hall–Kier alpha value is -3.23. The Labute approximate surface area is 190 Å². The maximum atomic E-state index is 13.0. The summed E-state index contributed by atoms with van der Waals surface area (Å²) in [6, 6.07) is 9.92. The number of likely N-dealkylation sites (tertiary alicyclic amines) is 1. The number of amides is 2. The van der Waals surface area contributed by atoms with Gasteiger partial charge < -0.3 is 19.7 Å². The van der Waals surface area contributed by atoms with Crippen molar-refractivity contribution >= 4 is 11.8 Å². The molecule has 0 saturated carbocycles. The summed E-state index contributed by atoms with van der Waals surface area (Å²) in [4.78, 5) is 26.9. The van der Waals surface area contributed by atoms with Gasteiger partial charge in [0.25, 0.3) is 5.91 Å². The van der Waals surface area contributed by atoms with E-state index in [1.165, 1.54) is 17.0 Å². The second kappa shape index (κ2) is 10.6. The number of rotatable bonds is 7. The third kappa shape index (κ3) is 6.18. The lowest BCUT2D eigenvalue weighted by molar-refractivity contribution is -0.137. The van der Waals surface area contributed by atoms with Crippen molar-refractivity contribution in [3.63, 3.8) is 0 Å². The number of methoxy groups -OCH3 is 2. The highest BCUT2D eigenvalue weighted by Crippen LogP contribution is 2.30. The standard InChI is InChI=1S/C24H27F3N2O4/c1-32-20-9-8-16(13-21(20)33-2)10-11-28-22(30)18-6-4-12-29(15-18)23(31)17-5-3-7-19(14-17)24(25,26)27/h3,5,7-9,13-14,18H,4,6,10-12,15H2,1-2H3,(H,28,30)/t18-/m1/s1. The fourth-order valence-electron chi connectivity index (χ4n) is 3.90. The van der Waals surface area contributed by atoms with Gasteiger partial charge in [0.05, 0.1) is 25.7 Å². The van der Waals surface area contributed by atoms with E-state index < -0.39 is 23.6 Å². The number of nitrogens with zero attached hydrogens (tertiary/aromatic N) is 1. The van der Waals surface area contributed by atoms with Crippen LogP contribution in [0.5, 0.6) is 11.5 Å². The van der Waals surface area contributed by atoms with Crippen LogP contribution in [0.2, 0.25) is 0 Å². The number of hydrogen-bond acceptors (Lipinski definition) is 4. The molecule has 2 aromatic rings. The first-order chi connectivity index (χ1) is 15.7. The molecule has 1 fully saturated rings. The Kier molecular flexibility index (Phi) is 7.84. The SMILES string of the molecule is COc1ccc(CCNC(=O)[C@@H]2CCCN(C(=O)c3cccc(C(F)(F)F)c3)C2)cc1OC. The molecule has 0 radical (unpaired) electrons. The van der Waals surface area contributed by atoms with Crippen LogP contribution in [0.1, 0.15) is 34.3 Å². The first-order valence-corrected chi connectivity index (χ1v) is 10.7. The van der Waals surface area contributed by atoms with E-state index in [9.17, 15) is 22.8 Å². The average Bonchev–Trinajstić information content (AvgIpc) is 2.83. The minimum Gasteiger partial charge on any atom is -0.493 e. The van der Waals surface area contributed by atoms with Crippen molar-refractivity contribution in [2.75, 3.05) is 33.9 Å². The quantitative estimate of drug-likeness (QED) is 0.674. The molecule has 1 heterocycles. The molecule has 2 amide bonds. The van der Waals surface area contributed by atoms with Crippen LogP contribution in [-0.2, 0) is 17.4 Å². The van der Waals surface area contributed by atoms with Crippen molar-refractivity contribution in [1.29, 1.82) is 0 Å². The van der Waals surface area contributed by atoms with Crippen LogP contribution in [0, 0.1) is 5.92 Å². The Balaban J connectivity index is 1.56. The van der Waals surface area contributed by atoms with Gasteiger partial charge in [-0.15, -0.1) is 0 Å². The molecular formula is C24H27F3N2O4. The monoisotopic (exact) mass is 464 g/mol. The third-order valence-electron chi connectivity index (χ3n) is 5.68. The number of carbonyl (C=O) groups is 2. The van der Waals surface area contributed by atoms with Crippen LogP contribution in [0.4, 0.5) is 13.2 Å². The summed E-state index contributed by atoms with van der Waals surface area (Å²) < 4.78 is 49.4. The summed E-state index contributed by atoms with van der Waals surface area (Å²) in [6.07, 6.45) is -2.70. The van der Waals surface area contributed by atoms with Crippen molar-refractivity contribution in [2.24, 2.45) is 5.92 Å². The molecule has 6 nitrogen and oxygen atoms in total. The summed E-state index contributed by atoms with van der Waals surface area (Å²) >= 11 is 0. The van der Waals surface area contributed by atoms with Crippen molar-refractivity contribution in [3.8, 4) is 11.5 Å². The summed E-state index contributed by atoms with van der Waals surface area (Å²) in [5.74, 6) is 0.162. The summed E-state index contributed by atoms with van der Waals surface area (Å²) in [7, 11) is 3.11. The van der Waals surface area contributed by atoms with E-state index in [2.05, 4.69) is 5.32 Å². The molecule has 2 aromatic carbocycles. The van der Waals surface area contributed by atoms with Gasteiger partial charge in [0.2, 0.25) is 5.91 Å². The molecule has 0 aliphatic carbocycles. The fourth-order valence-corrected chi connectivity index (χ4v) is 3.90. The number of halogens is 3. The minimum absolute atomic E-state index is 0.0284. The van der Waals surface area contributed by atoms with Gasteiger partial charge >= 0.3 is 6.18 Å². The number of carbonyl (C=O) groups excluding carboxylic acids is 2. The highest BCUT2D eigenvalue weighted by Gasteiger charge is 2.33. The van der Waals surface area contributed by atoms with Crippen LogP contribution in [0.25, 0.3) is 0 Å². The molecule has 33 heavy (non-hydrogen) atoms. The van der Waals surface area contributed by atoms with Gasteiger partial charge in [-0.25, -0.2) is 0 Å². The average molecular weight is 464 g/mol. The predicted molar refractivity (Wildman–Crippen MR) is 116 cm³/mol. The summed E-state index contributed by atoms with van der Waals surface area (Å²) in [5.41, 5.74) is 0.0760. The summed E-state index contributed by atoms with van der Waals surface area (Å²) in [5, 5.41) is 2.90. The number of hydrogen-bond donors (Lipinski definition) is 1. The van der Waals surface area contributed by atoms with Gasteiger partial charge in [-0.1, -0.05) is 12.1 Å². The lowest BCUT2D eigenvalue weighted by Crippen LogP contribution is -2.45. The molecule has 1 aliphatic rings. The Morgan fingerprint density at radius 2 is 1.85 bits per heavy atom. The van der Waals surface area contributed by atoms with E-state index in [0.29, 0.717) is 43.9 Å². The Bertz CT molecular complexity index is 994. The van der Waals surface area contributed by atoms with Gasteiger partial charge in [-0.05, 0) is 55.2 Å². The maximum Gasteiger partial charge on any atom is 0.416 e. The molecule has 1 N–H and O–H groups in total. The Morgan fingerprint density at radius 1 is 1.09 bits per heavy atom. The molecule has 178 valence electrons. The normalized spacial score (nSPS) is 16.3. The smallest absolute Gasteiger partial charge is 0.416 e. The first kappa shape index (κ1) is 24.4. The minimum atomic E-state index is -4.52. The van der Waals surface area contributed by atoms with E-state index >= 15 is 0 Å². The highest BCUT2D eigenvalue weighted by atomic mass is 19.4. The van der Waals surface area contributed by atoms with Crippen molar-refractivity contribution in [1.82, 2.24) is 10.2 Å². The van der Waals surface area contributed by atoms with Gasteiger partial charge in [0.15, 0.2) is 11.5 Å². The molecular weight excluding hydrogens is 437 g/mol. The zero-order chi connectivity index (χ0) is 24.0. The number of ether oxygens (including phenoxy) is 2. The number of alkyl halides is 3. The second-order valence-electron chi connectivity index (χ2n) is 7.90. The predicted octanol–water partition coefficient (Wildman–Crippen LogP) is 3.93. The molecule has 1 saturated heterocycles. The van der Waals surface area contributed by atoms with Crippen molar-refractivity contribution in [2.45, 2.75) is 25.4 Å². The zero-order valence-electron chi connectivity index (χ0n) is 18.6. The molecule has 1 atom stereocenters. The van der Waals surface area contributed by atoms with Crippen LogP contribution in [-0.4, -0.2) is 50.6 Å². The second-order valence-corrected chi connectivity index (χ2v) is 7.90. The van der Waals surface area contributed by atoms with Crippen LogP contribution in [0.15, 0.2) is 42.5 Å². The molecule has 1 aliphatic heterocycles. The zero-order valence-corrected chi connectivity index (χ0v) is 18.6. The largest absolute Gasteiger partial charge is 0.493 e. The molecule has 3 rings (SSSR count). The van der Waals surface area contributed by atoms with E-state index in [1.54, 1.807) is 20.3 Å².